The molecule has 1 aromatic heterocycles. The first kappa shape index (κ1) is 9.91. The van der Waals surface area contributed by atoms with E-state index in [4.69, 9.17) is 0 Å². The molecule has 1 nitrogen and oxygen atoms in total. The van der Waals surface area contributed by atoms with E-state index in [1.165, 1.54) is 15.2 Å². The Morgan fingerprint density at radius 2 is 2.14 bits per heavy atom. The van der Waals surface area contributed by atoms with Crippen LogP contribution in [0.25, 0.3) is 9.65 Å². The molecule has 0 fully saturated rings. The number of benzene rings is 1. The maximum atomic E-state index is 11.8. The van der Waals surface area contributed by atoms with Gasteiger partial charge in [-0.2, -0.15) is 0 Å². The van der Waals surface area contributed by atoms with E-state index >= 15 is 0 Å². The van der Waals surface area contributed by atoms with Crippen LogP contribution in [0.5, 0.6) is 0 Å². The van der Waals surface area contributed by atoms with E-state index in [-0.39, 0.29) is 0 Å². The molecule has 14 heavy (non-hydrogen) atoms. The average Bonchev–Trinajstić information content (AvgIpc) is 2.63. The van der Waals surface area contributed by atoms with Crippen LogP contribution in [-0.2, 0) is 6.42 Å². The summed E-state index contributed by atoms with van der Waals surface area (Å²) in [6, 6.07) is 8.49. The molecule has 0 radical (unpaired) electrons. The van der Waals surface area contributed by atoms with E-state index in [0.29, 0.717) is 14.5 Å². The molecule has 74 valence electrons. The Bertz CT molecular complexity index is 410. The third-order valence-corrected chi connectivity index (χ3v) is 4.35. The summed E-state index contributed by atoms with van der Waals surface area (Å²) in [7, 11) is 0. The van der Waals surface area contributed by atoms with Crippen molar-refractivity contribution in [3.05, 3.63) is 34.8 Å². The molecule has 0 amide bonds. The second-order valence-corrected chi connectivity index (χ2v) is 5.05. The van der Waals surface area contributed by atoms with Crippen LogP contribution in [0.1, 0.15) is 5.56 Å². The van der Waals surface area contributed by atoms with Crippen LogP contribution in [0, 0.1) is 0 Å². The first-order chi connectivity index (χ1) is 6.92. The van der Waals surface area contributed by atoms with Gasteiger partial charge in [-0.1, -0.05) is 0 Å². The number of halogens is 1. The van der Waals surface area contributed by atoms with Crippen molar-refractivity contribution in [2.75, 3.05) is 13.3 Å². The van der Waals surface area contributed by atoms with Gasteiger partial charge < -0.3 is 0 Å². The van der Waals surface area contributed by atoms with E-state index in [2.05, 4.69) is 34.5 Å². The molecule has 0 aliphatic carbocycles. The number of hydrogen-bond donors (Lipinski definition) is 1. The minimum atomic E-state index is -0.430. The summed E-state index contributed by atoms with van der Waals surface area (Å²) in [5, 5.41) is 4.07. The van der Waals surface area contributed by atoms with E-state index < -0.39 is 6.80 Å². The minimum absolute atomic E-state index is 0.430. The summed E-state index contributed by atoms with van der Waals surface area (Å²) in [6.07, 6.45) is 0.933. The Morgan fingerprint density at radius 3 is 3.00 bits per heavy atom. The molecule has 0 aliphatic rings. The van der Waals surface area contributed by atoms with Crippen molar-refractivity contribution in [2.45, 2.75) is 6.42 Å². The number of nitrogens with one attached hydrogen (secondary N) is 1. The summed E-state index contributed by atoms with van der Waals surface area (Å²) in [4.78, 5) is 2.30. The van der Waals surface area contributed by atoms with Gasteiger partial charge in [0, 0.05) is 0 Å². The topological polar surface area (TPSA) is 12.0 Å². The number of rotatable bonds is 4. The van der Waals surface area contributed by atoms with Crippen molar-refractivity contribution < 1.29 is 4.39 Å². The molecule has 0 bridgehead atoms. The molecular formula is C11H12FNSe. The third kappa shape index (κ3) is 2.06. The summed E-state index contributed by atoms with van der Waals surface area (Å²) in [6.45, 7) is 0.298. The fourth-order valence-electron chi connectivity index (χ4n) is 1.52. The van der Waals surface area contributed by atoms with Gasteiger partial charge in [-0.3, -0.25) is 0 Å². The maximum absolute atomic E-state index is 11.8. The van der Waals surface area contributed by atoms with Crippen LogP contribution in [0.4, 0.5) is 4.39 Å². The molecule has 3 heteroatoms. The molecule has 0 spiro atoms. The third-order valence-electron chi connectivity index (χ3n) is 2.23. The molecule has 1 N–H and O–H groups in total. The summed E-state index contributed by atoms with van der Waals surface area (Å²) >= 11 is 0.488. The molecule has 1 aromatic carbocycles. The van der Waals surface area contributed by atoms with Gasteiger partial charge in [0.1, 0.15) is 0 Å². The standard InChI is InChI=1S/C11H12FNSe/c12-8-13-6-5-9-7-14-11-4-2-1-3-10(9)11/h1-4,7,13H,5-6,8H2. The average molecular weight is 256 g/mol. The molecular weight excluding hydrogens is 244 g/mol. The van der Waals surface area contributed by atoms with Gasteiger partial charge in [-0.15, -0.1) is 0 Å². The fraction of sp³-hybridized carbons (Fsp3) is 0.273. The van der Waals surface area contributed by atoms with Gasteiger partial charge >= 0.3 is 88.4 Å². The van der Waals surface area contributed by atoms with Gasteiger partial charge in [0.05, 0.1) is 0 Å². The second-order valence-electron chi connectivity index (χ2n) is 3.14. The Morgan fingerprint density at radius 1 is 1.29 bits per heavy atom. The summed E-state index contributed by atoms with van der Waals surface area (Å²) < 4.78 is 13.3. The zero-order chi connectivity index (χ0) is 9.80. The molecule has 0 atom stereocenters. The predicted molar refractivity (Wildman–Crippen MR) is 58.6 cm³/mol. The van der Waals surface area contributed by atoms with Crippen LogP contribution in [0.15, 0.2) is 29.2 Å². The molecule has 1 heterocycles. The quantitative estimate of drug-likeness (QED) is 0.501. The number of fused-ring (bicyclic) bond motifs is 1. The van der Waals surface area contributed by atoms with Crippen LogP contribution in [0.3, 0.4) is 0 Å². The van der Waals surface area contributed by atoms with Crippen LogP contribution in [0.2, 0.25) is 0 Å². The Kier molecular flexibility index (Phi) is 3.35. The molecule has 0 aliphatic heterocycles. The number of hydrogen-bond acceptors (Lipinski definition) is 1. The van der Waals surface area contributed by atoms with Crippen LogP contribution < -0.4 is 5.32 Å². The van der Waals surface area contributed by atoms with E-state index in [0.717, 1.165) is 13.0 Å². The zero-order valence-corrected chi connectivity index (χ0v) is 9.51. The Labute approximate surface area is 88.7 Å². The van der Waals surface area contributed by atoms with Crippen molar-refractivity contribution in [3.8, 4) is 0 Å². The van der Waals surface area contributed by atoms with Crippen molar-refractivity contribution >= 4 is 24.1 Å². The first-order valence-corrected chi connectivity index (χ1v) is 6.48. The van der Waals surface area contributed by atoms with Crippen molar-refractivity contribution in [3.63, 3.8) is 0 Å². The molecule has 2 aromatic rings. The van der Waals surface area contributed by atoms with Crippen LogP contribution in [-0.4, -0.2) is 27.8 Å². The van der Waals surface area contributed by atoms with E-state index in [9.17, 15) is 4.39 Å². The second kappa shape index (κ2) is 4.74. The number of alkyl halides is 1. The van der Waals surface area contributed by atoms with E-state index in [1.54, 1.807) is 0 Å². The molecule has 0 saturated carbocycles. The summed E-state index contributed by atoms with van der Waals surface area (Å²) in [5.74, 6) is 0. The predicted octanol–water partition coefficient (Wildman–Crippen LogP) is 1.96. The van der Waals surface area contributed by atoms with Crippen molar-refractivity contribution in [1.82, 2.24) is 5.32 Å². The fourth-order valence-corrected chi connectivity index (χ4v) is 3.61. The SMILES string of the molecule is FCNCCc1c[se]c2ccccc12. The van der Waals surface area contributed by atoms with Crippen molar-refractivity contribution in [2.24, 2.45) is 0 Å². The van der Waals surface area contributed by atoms with Gasteiger partial charge in [0.25, 0.3) is 0 Å². The zero-order valence-electron chi connectivity index (χ0n) is 7.79. The first-order valence-electron chi connectivity index (χ1n) is 4.63. The van der Waals surface area contributed by atoms with E-state index in [1.807, 2.05) is 0 Å². The normalized spacial score (nSPS) is 10.9. The van der Waals surface area contributed by atoms with Gasteiger partial charge in [-0.25, -0.2) is 0 Å². The summed E-state index contributed by atoms with van der Waals surface area (Å²) in [5.41, 5.74) is 1.38. The Hall–Kier alpha value is -0.631. The molecule has 0 saturated heterocycles. The monoisotopic (exact) mass is 257 g/mol. The van der Waals surface area contributed by atoms with Crippen molar-refractivity contribution in [1.29, 1.82) is 0 Å². The van der Waals surface area contributed by atoms with Gasteiger partial charge in [-0.05, 0) is 0 Å². The molecule has 2 rings (SSSR count). The van der Waals surface area contributed by atoms with Gasteiger partial charge in [0.2, 0.25) is 0 Å². The van der Waals surface area contributed by atoms with Gasteiger partial charge in [0.15, 0.2) is 0 Å². The molecule has 0 unspecified atom stereocenters. The Balaban J connectivity index is 2.17. The van der Waals surface area contributed by atoms with Crippen LogP contribution >= 0.6 is 0 Å².